The number of hydrogen-bond donors (Lipinski definition) is 0. The summed E-state index contributed by atoms with van der Waals surface area (Å²) < 4.78 is 32.1. The molecular weight excluding hydrogens is 641 g/mol. The van der Waals surface area contributed by atoms with Gasteiger partial charge in [0.1, 0.15) is 6.10 Å². The van der Waals surface area contributed by atoms with E-state index in [0.29, 0.717) is 18.0 Å². The van der Waals surface area contributed by atoms with Crippen molar-refractivity contribution >= 4 is 27.8 Å². The number of imide groups is 1. The Morgan fingerprint density at radius 3 is 1.73 bits per heavy atom. The number of aryl methyl sites for hydroxylation is 1. The van der Waals surface area contributed by atoms with Crippen LogP contribution in [0.25, 0.3) is 0 Å². The monoisotopic (exact) mass is 682 g/mol. The average Bonchev–Trinajstić information content (AvgIpc) is 3.42. The molecule has 2 amide bonds. The number of carbonyl (C=O) groups excluding carboxylic acids is 3. The molecule has 1 atom stereocenters. The minimum Gasteiger partial charge on any atom is -0.428 e. The van der Waals surface area contributed by atoms with E-state index in [9.17, 15) is 22.8 Å². The molecule has 1 aliphatic heterocycles. The number of ether oxygens (including phenoxy) is 1. The van der Waals surface area contributed by atoms with Crippen molar-refractivity contribution in [3.05, 3.63) is 138 Å². The zero-order valence-electron chi connectivity index (χ0n) is 27.9. The van der Waals surface area contributed by atoms with Crippen molar-refractivity contribution in [2.24, 2.45) is 0 Å². The van der Waals surface area contributed by atoms with Crippen LogP contribution in [0.2, 0.25) is 0 Å². The van der Waals surface area contributed by atoms with Gasteiger partial charge in [-0.25, -0.2) is 13.2 Å². The normalized spacial score (nSPS) is 14.2. The highest BCUT2D eigenvalue weighted by molar-refractivity contribution is 7.91. The fourth-order valence-corrected chi connectivity index (χ4v) is 7.88. The molecule has 5 rings (SSSR count). The van der Waals surface area contributed by atoms with E-state index in [2.05, 4.69) is 84.7 Å². The molecule has 0 saturated carbocycles. The summed E-state index contributed by atoms with van der Waals surface area (Å²) in [7, 11) is -1.71. The maximum atomic E-state index is 13.3. The van der Waals surface area contributed by atoms with Crippen LogP contribution >= 0.6 is 0 Å². The molecular formula is C39H42N2O7S. The van der Waals surface area contributed by atoms with Gasteiger partial charge in [0.2, 0.25) is 0 Å². The molecule has 0 bridgehead atoms. The molecule has 1 aliphatic rings. The van der Waals surface area contributed by atoms with Gasteiger partial charge >= 0.3 is 6.16 Å². The van der Waals surface area contributed by atoms with Crippen molar-refractivity contribution in [2.45, 2.75) is 62.0 Å². The summed E-state index contributed by atoms with van der Waals surface area (Å²) in [5.41, 5.74) is 3.76. The number of hydroxylamine groups is 2. The standard InChI is InChI=1S/C39H42N2O7S/c1-30-22-24-35(25-23-30)49(45,46)29-34(47-38(44)48-41-36(42)26-27-37(41)43)21-13-6-14-28-40(2)39(31-15-7-3-8-16-31,32-17-9-4-10-18-32)33-19-11-5-12-20-33/h3-5,7-12,15-20,22-25,34H,6,13-14,21,26-29H2,1-2H3. The van der Waals surface area contributed by atoms with Crippen molar-refractivity contribution in [1.29, 1.82) is 0 Å². The average molecular weight is 683 g/mol. The molecule has 1 heterocycles. The summed E-state index contributed by atoms with van der Waals surface area (Å²) in [5.74, 6) is -1.76. The number of hydrogen-bond acceptors (Lipinski definition) is 8. The summed E-state index contributed by atoms with van der Waals surface area (Å²) in [6, 6.07) is 37.7. The number of nitrogens with zero attached hydrogens (tertiary/aromatic N) is 2. The smallest absolute Gasteiger partial charge is 0.428 e. The van der Waals surface area contributed by atoms with Gasteiger partial charge in [0, 0.05) is 12.8 Å². The van der Waals surface area contributed by atoms with Gasteiger partial charge in [-0.2, -0.15) is 0 Å². The molecule has 0 aliphatic carbocycles. The topological polar surface area (TPSA) is 110 Å². The first-order valence-corrected chi connectivity index (χ1v) is 18.2. The molecule has 1 saturated heterocycles. The first-order valence-electron chi connectivity index (χ1n) is 16.5. The first kappa shape index (κ1) is 35.5. The van der Waals surface area contributed by atoms with Gasteiger partial charge in [0.25, 0.3) is 11.8 Å². The van der Waals surface area contributed by atoms with Crippen LogP contribution in [0.4, 0.5) is 4.79 Å². The van der Waals surface area contributed by atoms with Crippen LogP contribution < -0.4 is 0 Å². The third-order valence-electron chi connectivity index (χ3n) is 8.89. The number of carbonyl (C=O) groups is 3. The van der Waals surface area contributed by atoms with E-state index in [1.54, 1.807) is 12.1 Å². The molecule has 9 nitrogen and oxygen atoms in total. The lowest BCUT2D eigenvalue weighted by molar-refractivity contribution is -0.178. The third-order valence-corrected chi connectivity index (χ3v) is 10.7. The maximum absolute atomic E-state index is 13.3. The van der Waals surface area contributed by atoms with Gasteiger partial charge < -0.3 is 4.74 Å². The molecule has 4 aromatic rings. The van der Waals surface area contributed by atoms with Crippen LogP contribution in [0.15, 0.2) is 120 Å². The molecule has 0 N–H and O–H groups in total. The quantitative estimate of drug-likeness (QED) is 0.0581. The maximum Gasteiger partial charge on any atom is 0.534 e. The molecule has 0 radical (unpaired) electrons. The molecule has 10 heteroatoms. The minimum absolute atomic E-state index is 0.0636. The fourth-order valence-electron chi connectivity index (χ4n) is 6.42. The lowest BCUT2D eigenvalue weighted by atomic mass is 9.75. The van der Waals surface area contributed by atoms with Gasteiger partial charge in [-0.3, -0.25) is 19.3 Å². The summed E-state index contributed by atoms with van der Waals surface area (Å²) in [6.45, 7) is 2.58. The van der Waals surface area contributed by atoms with E-state index in [1.165, 1.54) is 12.1 Å². The van der Waals surface area contributed by atoms with Crippen LogP contribution in [0.1, 0.15) is 60.8 Å². The molecule has 256 valence electrons. The molecule has 4 aromatic carbocycles. The van der Waals surface area contributed by atoms with Crippen LogP contribution in [-0.4, -0.2) is 61.8 Å². The Morgan fingerprint density at radius 2 is 1.24 bits per heavy atom. The molecule has 0 aromatic heterocycles. The third kappa shape index (κ3) is 8.44. The van der Waals surface area contributed by atoms with Crippen LogP contribution in [0.3, 0.4) is 0 Å². The predicted molar refractivity (Wildman–Crippen MR) is 186 cm³/mol. The summed E-state index contributed by atoms with van der Waals surface area (Å²) in [4.78, 5) is 44.0. The lowest BCUT2D eigenvalue weighted by Gasteiger charge is -2.44. The van der Waals surface area contributed by atoms with E-state index in [1.807, 2.05) is 25.1 Å². The minimum atomic E-state index is -3.83. The molecule has 49 heavy (non-hydrogen) atoms. The van der Waals surface area contributed by atoms with Crippen LogP contribution in [0, 0.1) is 6.92 Å². The van der Waals surface area contributed by atoms with Gasteiger partial charge in [-0.15, -0.1) is 0 Å². The number of benzene rings is 4. The Bertz CT molecular complexity index is 1700. The highest BCUT2D eigenvalue weighted by Crippen LogP contribution is 2.41. The van der Waals surface area contributed by atoms with E-state index in [-0.39, 0.29) is 24.2 Å². The summed E-state index contributed by atoms with van der Waals surface area (Å²) in [6.07, 6.45) is -0.159. The second-order valence-corrected chi connectivity index (χ2v) is 14.4. The van der Waals surface area contributed by atoms with Crippen LogP contribution in [0.5, 0.6) is 0 Å². The van der Waals surface area contributed by atoms with Crippen molar-refractivity contribution in [3.8, 4) is 0 Å². The highest BCUT2D eigenvalue weighted by atomic mass is 32.2. The molecule has 1 fully saturated rings. The highest BCUT2D eigenvalue weighted by Gasteiger charge is 2.40. The largest absolute Gasteiger partial charge is 0.534 e. The van der Waals surface area contributed by atoms with E-state index in [0.717, 1.165) is 35.1 Å². The second kappa shape index (κ2) is 16.1. The number of rotatable bonds is 15. The predicted octanol–water partition coefficient (Wildman–Crippen LogP) is 6.84. The zero-order chi connectivity index (χ0) is 34.9. The van der Waals surface area contributed by atoms with Crippen molar-refractivity contribution < 1.29 is 32.4 Å². The molecule has 1 unspecified atom stereocenters. The van der Waals surface area contributed by atoms with Gasteiger partial charge in [0.05, 0.1) is 16.2 Å². The zero-order valence-corrected chi connectivity index (χ0v) is 28.7. The van der Waals surface area contributed by atoms with Gasteiger partial charge in [-0.05, 0) is 68.6 Å². The Kier molecular flexibility index (Phi) is 11.6. The summed E-state index contributed by atoms with van der Waals surface area (Å²) >= 11 is 0. The number of sulfone groups is 1. The van der Waals surface area contributed by atoms with Crippen molar-refractivity contribution in [1.82, 2.24) is 9.96 Å². The fraction of sp³-hybridized carbons (Fsp3) is 0.308. The van der Waals surface area contributed by atoms with Crippen LogP contribution in [-0.2, 0) is 34.5 Å². The Labute approximate surface area is 288 Å². The van der Waals surface area contributed by atoms with Crippen molar-refractivity contribution in [3.63, 3.8) is 0 Å². The lowest BCUT2D eigenvalue weighted by Crippen LogP contribution is -2.46. The Hall–Kier alpha value is -4.80. The SMILES string of the molecule is Cc1ccc(S(=O)(=O)CC(CCCCCN(C)C(c2ccccc2)(c2ccccc2)c2ccccc2)OC(=O)ON2C(=O)CCC2=O)cc1. The van der Waals surface area contributed by atoms with E-state index in [4.69, 9.17) is 9.57 Å². The van der Waals surface area contributed by atoms with E-state index < -0.39 is 45.2 Å². The number of unbranched alkanes of at least 4 members (excludes halogenated alkanes) is 2. The van der Waals surface area contributed by atoms with Crippen molar-refractivity contribution in [2.75, 3.05) is 19.3 Å². The van der Waals surface area contributed by atoms with Gasteiger partial charge in [0.15, 0.2) is 9.84 Å². The molecule has 0 spiro atoms. The Morgan fingerprint density at radius 1 is 0.755 bits per heavy atom. The first-order chi connectivity index (χ1) is 23.6. The Balaban J connectivity index is 1.29. The summed E-state index contributed by atoms with van der Waals surface area (Å²) in [5, 5.41) is 0.391. The second-order valence-electron chi connectivity index (χ2n) is 12.3. The van der Waals surface area contributed by atoms with Gasteiger partial charge in [-0.1, -0.05) is 120 Å². The number of amides is 2. The van der Waals surface area contributed by atoms with E-state index >= 15 is 0 Å².